The largest absolute Gasteiger partial charge is 0.336 e. The molecule has 0 bridgehead atoms. The minimum absolute atomic E-state index is 0.0248. The number of rotatable bonds is 3. The maximum atomic E-state index is 13.1. The summed E-state index contributed by atoms with van der Waals surface area (Å²) in [6.45, 7) is 1.44. The van der Waals surface area contributed by atoms with Gasteiger partial charge in [-0.25, -0.2) is 0 Å². The summed E-state index contributed by atoms with van der Waals surface area (Å²) in [6.07, 6.45) is 11.0. The first-order valence-electron chi connectivity index (χ1n) is 8.45. The quantitative estimate of drug-likeness (QED) is 0.735. The Morgan fingerprint density at radius 2 is 2.08 bits per heavy atom. The van der Waals surface area contributed by atoms with Crippen molar-refractivity contribution in [3.05, 3.63) is 54.7 Å². The zero-order chi connectivity index (χ0) is 17.2. The number of aromatic nitrogens is 5. The van der Waals surface area contributed by atoms with Gasteiger partial charge in [-0.3, -0.25) is 19.1 Å². The Hall–Kier alpha value is -2.96. The molecule has 7 nitrogen and oxygen atoms in total. The fourth-order valence-corrected chi connectivity index (χ4v) is 3.39. The minimum atomic E-state index is 0.0248. The summed E-state index contributed by atoms with van der Waals surface area (Å²) in [5.41, 5.74) is 2.24. The van der Waals surface area contributed by atoms with Crippen molar-refractivity contribution in [1.29, 1.82) is 0 Å². The van der Waals surface area contributed by atoms with E-state index in [9.17, 15) is 4.79 Å². The van der Waals surface area contributed by atoms with E-state index in [1.165, 1.54) is 0 Å². The molecule has 1 aliphatic rings. The van der Waals surface area contributed by atoms with Crippen LogP contribution in [-0.2, 0) is 7.05 Å². The van der Waals surface area contributed by atoms with Crippen LogP contribution in [-0.4, -0.2) is 48.4 Å². The van der Waals surface area contributed by atoms with E-state index in [4.69, 9.17) is 0 Å². The van der Waals surface area contributed by atoms with Crippen molar-refractivity contribution in [3.63, 3.8) is 0 Å². The lowest BCUT2D eigenvalue weighted by Gasteiger charge is -2.32. The number of carbonyl (C=O) groups excluding carboxylic acids is 1. The van der Waals surface area contributed by atoms with Gasteiger partial charge in [0.05, 0.1) is 11.6 Å². The average molecular weight is 336 g/mol. The zero-order valence-corrected chi connectivity index (χ0v) is 14.1. The van der Waals surface area contributed by atoms with Crippen molar-refractivity contribution in [2.24, 2.45) is 7.05 Å². The summed E-state index contributed by atoms with van der Waals surface area (Å²) < 4.78 is 3.64. The van der Waals surface area contributed by atoms with Crippen molar-refractivity contribution in [3.8, 4) is 11.3 Å². The molecule has 1 fully saturated rings. The first kappa shape index (κ1) is 15.6. The maximum Gasteiger partial charge on any atom is 0.257 e. The van der Waals surface area contributed by atoms with Gasteiger partial charge in [-0.15, -0.1) is 0 Å². The monoisotopic (exact) mass is 336 g/mol. The summed E-state index contributed by atoms with van der Waals surface area (Å²) in [7, 11) is 1.84. The van der Waals surface area contributed by atoms with E-state index in [0.717, 1.165) is 24.9 Å². The highest BCUT2D eigenvalue weighted by atomic mass is 16.2. The SMILES string of the molecule is Cn1cc(C(=O)N2CCCC(n3cccn3)C2)c(-c2ccncc2)n1. The summed E-state index contributed by atoms with van der Waals surface area (Å²) in [5, 5.41) is 8.82. The standard InChI is InChI=1S/C18H20N6O/c1-22-13-16(17(21-22)14-5-8-19-9-6-14)18(25)23-10-2-4-15(12-23)24-11-3-7-20-24/h3,5-9,11,13,15H,2,4,10,12H2,1H3. The van der Waals surface area contributed by atoms with Gasteiger partial charge in [0, 0.05) is 56.7 Å². The van der Waals surface area contributed by atoms with Gasteiger partial charge in [0.1, 0.15) is 5.69 Å². The van der Waals surface area contributed by atoms with Gasteiger partial charge in [0.15, 0.2) is 0 Å². The van der Waals surface area contributed by atoms with Crippen LogP contribution in [0.5, 0.6) is 0 Å². The van der Waals surface area contributed by atoms with Gasteiger partial charge in [-0.05, 0) is 31.0 Å². The Morgan fingerprint density at radius 1 is 1.24 bits per heavy atom. The topological polar surface area (TPSA) is 68.8 Å². The Morgan fingerprint density at radius 3 is 2.84 bits per heavy atom. The lowest BCUT2D eigenvalue weighted by molar-refractivity contribution is 0.0673. The van der Waals surface area contributed by atoms with Gasteiger partial charge in [0.2, 0.25) is 0 Å². The molecular formula is C18H20N6O. The number of piperidine rings is 1. The van der Waals surface area contributed by atoms with E-state index in [-0.39, 0.29) is 11.9 Å². The molecule has 1 aliphatic heterocycles. The Labute approximate surface area is 145 Å². The Kier molecular flexibility index (Phi) is 4.05. The molecule has 3 aromatic rings. The maximum absolute atomic E-state index is 13.1. The number of likely N-dealkylation sites (tertiary alicyclic amines) is 1. The van der Waals surface area contributed by atoms with Crippen LogP contribution in [0.3, 0.4) is 0 Å². The molecule has 1 saturated heterocycles. The van der Waals surface area contributed by atoms with Crippen molar-refractivity contribution >= 4 is 5.91 Å². The summed E-state index contributed by atoms with van der Waals surface area (Å²) >= 11 is 0. The van der Waals surface area contributed by atoms with Crippen molar-refractivity contribution in [1.82, 2.24) is 29.4 Å². The molecule has 0 N–H and O–H groups in total. The van der Waals surface area contributed by atoms with Crippen LogP contribution >= 0.6 is 0 Å². The molecule has 0 saturated carbocycles. The first-order valence-corrected chi connectivity index (χ1v) is 8.45. The molecule has 0 radical (unpaired) electrons. The zero-order valence-electron chi connectivity index (χ0n) is 14.1. The fraction of sp³-hybridized carbons (Fsp3) is 0.333. The third-order valence-electron chi connectivity index (χ3n) is 4.60. The van der Waals surface area contributed by atoms with Gasteiger partial charge in [-0.1, -0.05) is 0 Å². The number of nitrogens with zero attached hydrogens (tertiary/aromatic N) is 6. The Bertz CT molecular complexity index is 855. The minimum Gasteiger partial charge on any atom is -0.336 e. The molecule has 0 aromatic carbocycles. The molecule has 128 valence electrons. The lowest BCUT2D eigenvalue weighted by atomic mass is 10.0. The van der Waals surface area contributed by atoms with Crippen LogP contribution in [0.15, 0.2) is 49.2 Å². The third kappa shape index (κ3) is 3.05. The number of hydrogen-bond acceptors (Lipinski definition) is 4. The lowest BCUT2D eigenvalue weighted by Crippen LogP contribution is -2.40. The highest BCUT2D eigenvalue weighted by Gasteiger charge is 2.28. The average Bonchev–Trinajstić information content (AvgIpc) is 3.32. The predicted molar refractivity (Wildman–Crippen MR) is 92.8 cm³/mol. The molecule has 1 atom stereocenters. The van der Waals surface area contributed by atoms with Crippen LogP contribution in [0, 0.1) is 0 Å². The van der Waals surface area contributed by atoms with Gasteiger partial charge in [-0.2, -0.15) is 10.2 Å². The molecule has 4 heterocycles. The van der Waals surface area contributed by atoms with Crippen molar-refractivity contribution in [2.75, 3.05) is 13.1 Å². The van der Waals surface area contributed by atoms with E-state index in [2.05, 4.69) is 15.2 Å². The van der Waals surface area contributed by atoms with E-state index in [1.807, 2.05) is 41.0 Å². The molecule has 0 aliphatic carbocycles. The molecule has 1 amide bonds. The third-order valence-corrected chi connectivity index (χ3v) is 4.60. The highest BCUT2D eigenvalue weighted by molar-refractivity contribution is 5.99. The van der Waals surface area contributed by atoms with E-state index < -0.39 is 0 Å². The summed E-state index contributed by atoms with van der Waals surface area (Å²) in [4.78, 5) is 19.1. The number of amides is 1. The molecule has 1 unspecified atom stereocenters. The molecule has 25 heavy (non-hydrogen) atoms. The smallest absolute Gasteiger partial charge is 0.257 e. The molecule has 3 aromatic heterocycles. The summed E-state index contributed by atoms with van der Waals surface area (Å²) in [5.74, 6) is 0.0248. The van der Waals surface area contributed by atoms with Crippen LogP contribution < -0.4 is 0 Å². The van der Waals surface area contributed by atoms with Gasteiger partial charge >= 0.3 is 0 Å². The number of hydrogen-bond donors (Lipinski definition) is 0. The van der Waals surface area contributed by atoms with E-state index >= 15 is 0 Å². The Balaban J connectivity index is 1.61. The molecule has 7 heteroatoms. The second kappa shape index (κ2) is 6.51. The predicted octanol–water partition coefficient (Wildman–Crippen LogP) is 2.16. The first-order chi connectivity index (χ1) is 12.2. The normalized spacial score (nSPS) is 17.6. The molecular weight excluding hydrogens is 316 g/mol. The van der Waals surface area contributed by atoms with E-state index in [1.54, 1.807) is 29.5 Å². The highest BCUT2D eigenvalue weighted by Crippen LogP contribution is 2.26. The molecule has 4 rings (SSSR count). The van der Waals surface area contributed by atoms with Gasteiger partial charge in [0.25, 0.3) is 5.91 Å². The number of pyridine rings is 1. The van der Waals surface area contributed by atoms with Crippen LogP contribution in [0.25, 0.3) is 11.3 Å². The summed E-state index contributed by atoms with van der Waals surface area (Å²) in [6, 6.07) is 5.90. The number of aryl methyl sites for hydroxylation is 1. The van der Waals surface area contributed by atoms with Crippen LogP contribution in [0.4, 0.5) is 0 Å². The fourth-order valence-electron chi connectivity index (χ4n) is 3.39. The molecule has 0 spiro atoms. The van der Waals surface area contributed by atoms with Crippen LogP contribution in [0.2, 0.25) is 0 Å². The second-order valence-electron chi connectivity index (χ2n) is 6.33. The van der Waals surface area contributed by atoms with Crippen molar-refractivity contribution < 1.29 is 4.79 Å². The van der Waals surface area contributed by atoms with Gasteiger partial charge < -0.3 is 4.90 Å². The van der Waals surface area contributed by atoms with Crippen LogP contribution in [0.1, 0.15) is 29.2 Å². The second-order valence-corrected chi connectivity index (χ2v) is 6.33. The van der Waals surface area contributed by atoms with E-state index in [0.29, 0.717) is 17.8 Å². The number of carbonyl (C=O) groups is 1. The van der Waals surface area contributed by atoms with Crippen molar-refractivity contribution in [2.45, 2.75) is 18.9 Å².